The molecule has 1 fully saturated rings. The van der Waals surface area contributed by atoms with Crippen molar-refractivity contribution in [2.45, 2.75) is 64.1 Å². The maximum atomic E-state index is 6.17. The van der Waals surface area contributed by atoms with Gasteiger partial charge in [0.25, 0.3) is 0 Å². The van der Waals surface area contributed by atoms with E-state index in [9.17, 15) is 0 Å². The third-order valence-corrected chi connectivity index (χ3v) is 3.21. The van der Waals surface area contributed by atoms with Crippen molar-refractivity contribution >= 4 is 0 Å². The van der Waals surface area contributed by atoms with E-state index in [1.54, 1.807) is 0 Å². The Morgan fingerprint density at radius 2 is 2.00 bits per heavy atom. The average molecular weight is 185 g/mol. The average Bonchev–Trinajstić information content (AvgIpc) is 2.01. The molecule has 0 aromatic heterocycles. The summed E-state index contributed by atoms with van der Waals surface area (Å²) in [6, 6.07) is 0. The predicted molar refractivity (Wildman–Crippen MR) is 55.7 cm³/mol. The summed E-state index contributed by atoms with van der Waals surface area (Å²) < 4.78 is 6.17. The summed E-state index contributed by atoms with van der Waals surface area (Å²) in [6.45, 7) is 7.27. The molecule has 0 aliphatic heterocycles. The topological polar surface area (TPSA) is 35.2 Å². The zero-order valence-electron chi connectivity index (χ0n) is 9.23. The van der Waals surface area contributed by atoms with Crippen molar-refractivity contribution < 1.29 is 4.74 Å². The van der Waals surface area contributed by atoms with Gasteiger partial charge >= 0.3 is 0 Å². The Labute approximate surface area is 81.8 Å². The molecule has 0 radical (unpaired) electrons. The van der Waals surface area contributed by atoms with Gasteiger partial charge in [0.1, 0.15) is 0 Å². The lowest BCUT2D eigenvalue weighted by Crippen LogP contribution is -2.47. The first-order valence-corrected chi connectivity index (χ1v) is 5.44. The first-order chi connectivity index (χ1) is 6.04. The van der Waals surface area contributed by atoms with Crippen molar-refractivity contribution in [3.05, 3.63) is 0 Å². The Kier molecular flexibility index (Phi) is 3.36. The smallest absolute Gasteiger partial charge is 0.0701 e. The molecule has 1 saturated carbocycles. The van der Waals surface area contributed by atoms with Crippen molar-refractivity contribution in [1.82, 2.24) is 0 Å². The molecule has 1 rings (SSSR count). The van der Waals surface area contributed by atoms with E-state index in [2.05, 4.69) is 20.8 Å². The maximum absolute atomic E-state index is 6.17. The fourth-order valence-corrected chi connectivity index (χ4v) is 1.90. The molecular weight excluding hydrogens is 162 g/mol. The van der Waals surface area contributed by atoms with Crippen molar-refractivity contribution in [3.8, 4) is 0 Å². The van der Waals surface area contributed by atoms with E-state index < -0.39 is 0 Å². The molecule has 0 aromatic rings. The summed E-state index contributed by atoms with van der Waals surface area (Å²) in [5.41, 5.74) is 5.76. The van der Waals surface area contributed by atoms with E-state index in [1.807, 2.05) is 0 Å². The number of ether oxygens (including phenoxy) is 1. The van der Waals surface area contributed by atoms with Crippen LogP contribution in [0.15, 0.2) is 0 Å². The van der Waals surface area contributed by atoms with Gasteiger partial charge in [0.05, 0.1) is 11.2 Å². The molecule has 1 aliphatic carbocycles. The molecule has 2 N–H and O–H groups in total. The van der Waals surface area contributed by atoms with Crippen molar-refractivity contribution in [3.63, 3.8) is 0 Å². The van der Waals surface area contributed by atoms with E-state index in [0.717, 1.165) is 19.4 Å². The van der Waals surface area contributed by atoms with Crippen LogP contribution < -0.4 is 5.73 Å². The van der Waals surface area contributed by atoms with Gasteiger partial charge in [-0.3, -0.25) is 0 Å². The van der Waals surface area contributed by atoms with Gasteiger partial charge in [-0.1, -0.05) is 6.92 Å². The van der Waals surface area contributed by atoms with Gasteiger partial charge in [0.2, 0.25) is 0 Å². The zero-order valence-corrected chi connectivity index (χ0v) is 9.23. The molecule has 0 heterocycles. The minimum atomic E-state index is 0.0234. The maximum Gasteiger partial charge on any atom is 0.0701 e. The molecule has 2 nitrogen and oxygen atoms in total. The van der Waals surface area contributed by atoms with Crippen LogP contribution in [0.25, 0.3) is 0 Å². The summed E-state index contributed by atoms with van der Waals surface area (Å²) in [7, 11) is 0. The SMILES string of the molecule is CCC(C)(C)OC1(CCN)CCC1. The Hall–Kier alpha value is -0.0800. The van der Waals surface area contributed by atoms with Gasteiger partial charge in [-0.25, -0.2) is 0 Å². The highest BCUT2D eigenvalue weighted by Gasteiger charge is 2.40. The molecule has 0 amide bonds. The van der Waals surface area contributed by atoms with Gasteiger partial charge in [0.15, 0.2) is 0 Å². The van der Waals surface area contributed by atoms with Crippen LogP contribution in [0.1, 0.15) is 52.9 Å². The Balaban J connectivity index is 2.48. The van der Waals surface area contributed by atoms with E-state index in [0.29, 0.717) is 0 Å². The highest BCUT2D eigenvalue weighted by Crippen LogP contribution is 2.41. The number of hydrogen-bond donors (Lipinski definition) is 1. The highest BCUT2D eigenvalue weighted by molar-refractivity contribution is 4.92. The Bertz CT molecular complexity index is 161. The van der Waals surface area contributed by atoms with Crippen LogP contribution in [0.3, 0.4) is 0 Å². The molecule has 0 atom stereocenters. The number of rotatable bonds is 5. The van der Waals surface area contributed by atoms with E-state index in [4.69, 9.17) is 10.5 Å². The first kappa shape index (κ1) is 11.0. The van der Waals surface area contributed by atoms with Gasteiger partial charge in [-0.15, -0.1) is 0 Å². The third kappa shape index (κ3) is 2.68. The van der Waals surface area contributed by atoms with Crippen LogP contribution in [0.5, 0.6) is 0 Å². The molecule has 0 bridgehead atoms. The normalized spacial score (nSPS) is 21.2. The Morgan fingerprint density at radius 1 is 1.38 bits per heavy atom. The molecule has 0 spiro atoms. The van der Waals surface area contributed by atoms with Crippen LogP contribution in [0.2, 0.25) is 0 Å². The van der Waals surface area contributed by atoms with Crippen LogP contribution in [-0.2, 0) is 4.74 Å². The summed E-state index contributed by atoms with van der Waals surface area (Å²) in [5, 5.41) is 0. The number of hydrogen-bond acceptors (Lipinski definition) is 2. The molecule has 0 aromatic carbocycles. The molecule has 78 valence electrons. The van der Waals surface area contributed by atoms with Crippen LogP contribution >= 0.6 is 0 Å². The molecular formula is C11H23NO. The minimum absolute atomic E-state index is 0.0234. The quantitative estimate of drug-likeness (QED) is 0.714. The predicted octanol–water partition coefficient (Wildman–Crippen LogP) is 2.46. The summed E-state index contributed by atoms with van der Waals surface area (Å²) in [5.74, 6) is 0. The third-order valence-electron chi connectivity index (χ3n) is 3.21. The molecule has 13 heavy (non-hydrogen) atoms. The van der Waals surface area contributed by atoms with Crippen LogP contribution in [0.4, 0.5) is 0 Å². The minimum Gasteiger partial charge on any atom is -0.369 e. The van der Waals surface area contributed by atoms with Gasteiger partial charge in [-0.05, 0) is 52.5 Å². The van der Waals surface area contributed by atoms with Crippen molar-refractivity contribution in [2.75, 3.05) is 6.54 Å². The number of nitrogens with two attached hydrogens (primary N) is 1. The first-order valence-electron chi connectivity index (χ1n) is 5.44. The fourth-order valence-electron chi connectivity index (χ4n) is 1.90. The lowest BCUT2D eigenvalue weighted by atomic mass is 9.77. The van der Waals surface area contributed by atoms with Crippen LogP contribution in [-0.4, -0.2) is 17.7 Å². The van der Waals surface area contributed by atoms with Gasteiger partial charge in [-0.2, -0.15) is 0 Å². The van der Waals surface area contributed by atoms with E-state index >= 15 is 0 Å². The summed E-state index contributed by atoms with van der Waals surface area (Å²) in [6.07, 6.45) is 5.80. The molecule has 2 heteroatoms. The second-order valence-electron chi connectivity index (χ2n) is 4.79. The second-order valence-corrected chi connectivity index (χ2v) is 4.79. The zero-order chi connectivity index (χ0) is 9.95. The van der Waals surface area contributed by atoms with Gasteiger partial charge in [0, 0.05) is 0 Å². The fraction of sp³-hybridized carbons (Fsp3) is 1.00. The molecule has 0 saturated heterocycles. The van der Waals surface area contributed by atoms with Gasteiger partial charge < -0.3 is 10.5 Å². The molecule has 1 aliphatic rings. The second kappa shape index (κ2) is 3.97. The Morgan fingerprint density at radius 3 is 2.31 bits per heavy atom. The largest absolute Gasteiger partial charge is 0.369 e. The standard InChI is InChI=1S/C11H23NO/c1-4-10(2,3)13-11(8-9-12)6-5-7-11/h4-9,12H2,1-3H3. The summed E-state index contributed by atoms with van der Waals surface area (Å²) >= 11 is 0. The van der Waals surface area contributed by atoms with E-state index in [1.165, 1.54) is 19.3 Å². The van der Waals surface area contributed by atoms with Crippen molar-refractivity contribution in [2.24, 2.45) is 5.73 Å². The highest BCUT2D eigenvalue weighted by atomic mass is 16.5. The lowest BCUT2D eigenvalue weighted by molar-refractivity contribution is -0.181. The molecule has 0 unspecified atom stereocenters. The summed E-state index contributed by atoms with van der Waals surface area (Å²) in [4.78, 5) is 0. The van der Waals surface area contributed by atoms with E-state index in [-0.39, 0.29) is 11.2 Å². The van der Waals surface area contributed by atoms with Crippen molar-refractivity contribution in [1.29, 1.82) is 0 Å². The monoisotopic (exact) mass is 185 g/mol. The lowest BCUT2D eigenvalue weighted by Gasteiger charge is -2.46. The van der Waals surface area contributed by atoms with Crippen LogP contribution in [0, 0.1) is 0 Å².